The van der Waals surface area contributed by atoms with E-state index in [9.17, 15) is 8.42 Å². The number of ether oxygens (including phenoxy) is 1. The highest BCUT2D eigenvalue weighted by Gasteiger charge is 2.19. The molecule has 0 saturated carbocycles. The van der Waals surface area contributed by atoms with Gasteiger partial charge in [-0.2, -0.15) is 0 Å². The van der Waals surface area contributed by atoms with Gasteiger partial charge < -0.3 is 4.74 Å². The Morgan fingerprint density at radius 1 is 1.24 bits per heavy atom. The van der Waals surface area contributed by atoms with Crippen molar-refractivity contribution in [2.45, 2.75) is 11.4 Å². The standard InChI is InChI=1S/C13H12Cl2N2O3S/c1-20-12-4-2-3-10(14)9(12)7-17-21(18,19)13-8-16-6-5-11(13)15/h2-6,8,17H,7H2,1H3. The molecule has 0 aliphatic carbocycles. The van der Waals surface area contributed by atoms with Crippen LogP contribution < -0.4 is 9.46 Å². The fourth-order valence-electron chi connectivity index (χ4n) is 1.71. The second kappa shape index (κ2) is 6.62. The molecule has 0 unspecified atom stereocenters. The summed E-state index contributed by atoms with van der Waals surface area (Å²) in [5.74, 6) is 0.502. The molecule has 1 aromatic heterocycles. The van der Waals surface area contributed by atoms with Gasteiger partial charge in [-0.3, -0.25) is 4.98 Å². The highest BCUT2D eigenvalue weighted by molar-refractivity contribution is 7.89. The lowest BCUT2D eigenvalue weighted by Gasteiger charge is -2.12. The monoisotopic (exact) mass is 346 g/mol. The van der Waals surface area contributed by atoms with Gasteiger partial charge >= 0.3 is 0 Å². The summed E-state index contributed by atoms with van der Waals surface area (Å²) in [5, 5.41) is 0.512. The van der Waals surface area contributed by atoms with Gasteiger partial charge in [0.2, 0.25) is 10.0 Å². The van der Waals surface area contributed by atoms with E-state index in [-0.39, 0.29) is 16.5 Å². The molecule has 5 nitrogen and oxygen atoms in total. The van der Waals surface area contributed by atoms with E-state index < -0.39 is 10.0 Å². The third-order valence-corrected chi connectivity index (χ3v) is 4.98. The number of sulfonamides is 1. The van der Waals surface area contributed by atoms with Crippen molar-refractivity contribution in [1.82, 2.24) is 9.71 Å². The minimum atomic E-state index is -3.79. The Hall–Kier alpha value is -1.34. The molecule has 0 bridgehead atoms. The molecule has 8 heteroatoms. The van der Waals surface area contributed by atoms with Crippen LogP contribution in [0.1, 0.15) is 5.56 Å². The number of halogens is 2. The van der Waals surface area contributed by atoms with Crippen LogP contribution in [0, 0.1) is 0 Å². The van der Waals surface area contributed by atoms with Gasteiger partial charge in [-0.25, -0.2) is 13.1 Å². The van der Waals surface area contributed by atoms with E-state index in [1.165, 1.54) is 25.6 Å². The third kappa shape index (κ3) is 3.65. The first kappa shape index (κ1) is 16.0. The summed E-state index contributed by atoms with van der Waals surface area (Å²) in [6.45, 7) is -0.0175. The molecule has 0 amide bonds. The van der Waals surface area contributed by atoms with Crippen molar-refractivity contribution < 1.29 is 13.2 Å². The minimum absolute atomic E-state index is 0.0175. The predicted octanol–water partition coefficient (Wildman–Crippen LogP) is 2.88. The molecule has 0 saturated heterocycles. The fraction of sp³-hybridized carbons (Fsp3) is 0.154. The van der Waals surface area contributed by atoms with Crippen LogP contribution in [-0.4, -0.2) is 20.5 Å². The molecule has 21 heavy (non-hydrogen) atoms. The van der Waals surface area contributed by atoms with Crippen molar-refractivity contribution in [1.29, 1.82) is 0 Å². The summed E-state index contributed by atoms with van der Waals surface area (Å²) >= 11 is 11.9. The van der Waals surface area contributed by atoms with Gasteiger partial charge in [0.25, 0.3) is 0 Å². The average Bonchev–Trinajstić information content (AvgIpc) is 2.46. The summed E-state index contributed by atoms with van der Waals surface area (Å²) in [6.07, 6.45) is 2.60. The molecule has 1 N–H and O–H groups in total. The first-order chi connectivity index (χ1) is 9.95. The quantitative estimate of drug-likeness (QED) is 0.903. The number of rotatable bonds is 5. The van der Waals surface area contributed by atoms with Crippen LogP contribution in [0.15, 0.2) is 41.6 Å². The normalized spacial score (nSPS) is 11.4. The molecule has 2 aromatic rings. The average molecular weight is 347 g/mol. The lowest BCUT2D eigenvalue weighted by molar-refractivity contribution is 0.409. The summed E-state index contributed by atoms with van der Waals surface area (Å²) in [7, 11) is -2.30. The maximum atomic E-state index is 12.2. The summed E-state index contributed by atoms with van der Waals surface area (Å²) in [5.41, 5.74) is 0.547. The van der Waals surface area contributed by atoms with Crippen LogP contribution in [0.2, 0.25) is 10.0 Å². The smallest absolute Gasteiger partial charge is 0.243 e. The number of hydrogen-bond donors (Lipinski definition) is 1. The van der Waals surface area contributed by atoms with Crippen molar-refractivity contribution >= 4 is 33.2 Å². The minimum Gasteiger partial charge on any atom is -0.496 e. The first-order valence-electron chi connectivity index (χ1n) is 5.86. The van der Waals surface area contributed by atoms with Crippen molar-refractivity contribution in [2.75, 3.05) is 7.11 Å². The topological polar surface area (TPSA) is 68.3 Å². The molecule has 0 aliphatic heterocycles. The second-order valence-corrected chi connectivity index (χ2v) is 6.60. The zero-order valence-electron chi connectivity index (χ0n) is 11.0. The number of benzene rings is 1. The van der Waals surface area contributed by atoms with E-state index >= 15 is 0 Å². The number of aromatic nitrogens is 1. The molecular weight excluding hydrogens is 335 g/mol. The zero-order chi connectivity index (χ0) is 15.5. The number of methoxy groups -OCH3 is 1. The van der Waals surface area contributed by atoms with Crippen molar-refractivity contribution in [3.8, 4) is 5.75 Å². The van der Waals surface area contributed by atoms with Crippen LogP contribution in [-0.2, 0) is 16.6 Å². The molecule has 1 heterocycles. The van der Waals surface area contributed by atoms with Gasteiger partial charge in [0, 0.05) is 29.5 Å². The van der Waals surface area contributed by atoms with E-state index in [0.29, 0.717) is 16.3 Å². The SMILES string of the molecule is COc1cccc(Cl)c1CNS(=O)(=O)c1cnccc1Cl. The Morgan fingerprint density at radius 2 is 2.00 bits per heavy atom. The lowest BCUT2D eigenvalue weighted by Crippen LogP contribution is -2.24. The maximum Gasteiger partial charge on any atom is 0.243 e. The Kier molecular flexibility index (Phi) is 5.05. The zero-order valence-corrected chi connectivity index (χ0v) is 13.3. The highest BCUT2D eigenvalue weighted by Crippen LogP contribution is 2.27. The van der Waals surface area contributed by atoms with Gasteiger partial charge in [0.05, 0.1) is 12.1 Å². The van der Waals surface area contributed by atoms with Crippen LogP contribution in [0.5, 0.6) is 5.75 Å². The van der Waals surface area contributed by atoms with Crippen molar-refractivity contribution in [3.63, 3.8) is 0 Å². The molecule has 0 radical (unpaired) electrons. The van der Waals surface area contributed by atoms with E-state index in [1.807, 2.05) is 0 Å². The molecule has 0 fully saturated rings. The van der Waals surface area contributed by atoms with Crippen LogP contribution >= 0.6 is 23.2 Å². The Labute approximate surface area is 132 Å². The molecule has 0 atom stereocenters. The molecule has 0 aliphatic rings. The van der Waals surface area contributed by atoms with Gasteiger partial charge in [-0.05, 0) is 18.2 Å². The Morgan fingerprint density at radius 3 is 2.67 bits per heavy atom. The number of hydrogen-bond acceptors (Lipinski definition) is 4. The van der Waals surface area contributed by atoms with E-state index in [1.54, 1.807) is 18.2 Å². The maximum absolute atomic E-state index is 12.2. The van der Waals surface area contributed by atoms with E-state index in [0.717, 1.165) is 0 Å². The van der Waals surface area contributed by atoms with Crippen LogP contribution in [0.25, 0.3) is 0 Å². The van der Waals surface area contributed by atoms with Crippen LogP contribution in [0.3, 0.4) is 0 Å². The predicted molar refractivity (Wildman–Crippen MR) is 81.3 cm³/mol. The first-order valence-corrected chi connectivity index (χ1v) is 8.10. The molecule has 2 rings (SSSR count). The third-order valence-electron chi connectivity index (χ3n) is 2.76. The number of nitrogens with zero attached hydrogens (tertiary/aromatic N) is 1. The molecular formula is C13H12Cl2N2O3S. The summed E-state index contributed by atoms with van der Waals surface area (Å²) in [6, 6.07) is 6.49. The van der Waals surface area contributed by atoms with Crippen molar-refractivity contribution in [3.05, 3.63) is 52.3 Å². The van der Waals surface area contributed by atoms with Crippen molar-refractivity contribution in [2.24, 2.45) is 0 Å². The molecule has 0 spiro atoms. The summed E-state index contributed by atoms with van der Waals surface area (Å²) in [4.78, 5) is 3.68. The Bertz CT molecular complexity index is 751. The number of nitrogens with one attached hydrogen (secondary N) is 1. The number of pyridine rings is 1. The largest absolute Gasteiger partial charge is 0.496 e. The summed E-state index contributed by atoms with van der Waals surface area (Å²) < 4.78 is 32.0. The molecule has 112 valence electrons. The van der Waals surface area contributed by atoms with E-state index in [4.69, 9.17) is 27.9 Å². The van der Waals surface area contributed by atoms with Gasteiger partial charge in [0.15, 0.2) is 0 Å². The van der Waals surface area contributed by atoms with Crippen LogP contribution in [0.4, 0.5) is 0 Å². The van der Waals surface area contributed by atoms with Gasteiger partial charge in [0.1, 0.15) is 10.6 Å². The Balaban J connectivity index is 2.26. The van der Waals surface area contributed by atoms with E-state index in [2.05, 4.69) is 9.71 Å². The fourth-order valence-corrected chi connectivity index (χ4v) is 3.36. The molecule has 1 aromatic carbocycles. The highest BCUT2D eigenvalue weighted by atomic mass is 35.5. The second-order valence-electron chi connectivity index (χ2n) is 4.05. The lowest BCUT2D eigenvalue weighted by atomic mass is 10.2. The van der Waals surface area contributed by atoms with Gasteiger partial charge in [-0.1, -0.05) is 29.3 Å². The van der Waals surface area contributed by atoms with Gasteiger partial charge in [-0.15, -0.1) is 0 Å².